The number of rotatable bonds is 4. The van der Waals surface area contributed by atoms with E-state index in [1.807, 2.05) is 45.0 Å². The molecule has 7 heteroatoms. The molecule has 2 aliphatic rings. The van der Waals surface area contributed by atoms with Crippen molar-refractivity contribution in [3.05, 3.63) is 58.5 Å². The first-order chi connectivity index (χ1) is 14.5. The van der Waals surface area contributed by atoms with Crippen LogP contribution in [0.4, 0.5) is 5.95 Å². The Bertz CT molecular complexity index is 1030. The van der Waals surface area contributed by atoms with Crippen molar-refractivity contribution in [1.29, 1.82) is 0 Å². The van der Waals surface area contributed by atoms with Crippen molar-refractivity contribution in [2.24, 2.45) is 5.92 Å². The number of anilines is 1. The summed E-state index contributed by atoms with van der Waals surface area (Å²) in [4.78, 5) is 19.5. The molecule has 30 heavy (non-hydrogen) atoms. The zero-order valence-electron chi connectivity index (χ0n) is 17.6. The number of aryl methyl sites for hydroxylation is 3. The minimum atomic E-state index is -0.700. The Morgan fingerprint density at radius 1 is 1.03 bits per heavy atom. The predicted octanol–water partition coefficient (Wildman–Crippen LogP) is 3.73. The average molecular weight is 422 g/mol. The van der Waals surface area contributed by atoms with Gasteiger partial charge in [0, 0.05) is 37.1 Å². The van der Waals surface area contributed by atoms with Crippen molar-refractivity contribution < 1.29 is 5.11 Å². The molecule has 3 aromatic rings. The summed E-state index contributed by atoms with van der Waals surface area (Å²) in [6.07, 6.45) is 0.376. The van der Waals surface area contributed by atoms with E-state index in [-0.39, 0.29) is 0 Å². The lowest BCUT2D eigenvalue weighted by Crippen LogP contribution is -2.65. The highest BCUT2D eigenvalue weighted by Crippen LogP contribution is 2.40. The van der Waals surface area contributed by atoms with E-state index in [2.05, 4.69) is 31.9 Å². The Morgan fingerprint density at radius 2 is 1.77 bits per heavy atom. The summed E-state index contributed by atoms with van der Waals surface area (Å²) in [5.74, 6) is 1.46. The summed E-state index contributed by atoms with van der Waals surface area (Å²) in [5, 5.41) is 12.3. The van der Waals surface area contributed by atoms with Gasteiger partial charge in [-0.1, -0.05) is 30.3 Å². The summed E-state index contributed by atoms with van der Waals surface area (Å²) in [6, 6.07) is 12.6. The summed E-state index contributed by atoms with van der Waals surface area (Å²) in [7, 11) is 0. The number of benzene rings is 1. The maximum absolute atomic E-state index is 11.3. The first kappa shape index (κ1) is 19.6. The molecule has 3 atom stereocenters. The number of thiazole rings is 1. The third-order valence-electron chi connectivity index (χ3n) is 6.20. The maximum atomic E-state index is 11.3. The number of likely N-dealkylation sites (tertiary alicyclic amines) is 1. The zero-order valence-corrected chi connectivity index (χ0v) is 18.4. The first-order valence-corrected chi connectivity index (χ1v) is 11.3. The Labute approximate surface area is 181 Å². The van der Waals surface area contributed by atoms with Crippen LogP contribution in [0.15, 0.2) is 36.4 Å². The Hall–Kier alpha value is -2.35. The van der Waals surface area contributed by atoms with Crippen molar-refractivity contribution in [3.8, 4) is 10.4 Å². The second-order valence-electron chi connectivity index (χ2n) is 8.40. The van der Waals surface area contributed by atoms with Crippen LogP contribution in [-0.2, 0) is 0 Å². The molecular formula is C23H27N5OS. The van der Waals surface area contributed by atoms with Crippen LogP contribution in [0, 0.1) is 26.7 Å². The standard InChI is InChI=1S/C23H27N5OS/c1-14-11-15(2)25-23(24-14)28-12-18-9-10-27(13-19(18)28)22(29)20-21(30-16(3)26-20)17-7-5-4-6-8-17/h4-8,11,18-19,22,29H,9-10,12-13H2,1-3H3. The van der Waals surface area contributed by atoms with Crippen LogP contribution in [0.1, 0.15) is 34.7 Å². The first-order valence-electron chi connectivity index (χ1n) is 10.5. The van der Waals surface area contributed by atoms with Gasteiger partial charge in [-0.25, -0.2) is 15.0 Å². The third-order valence-corrected chi connectivity index (χ3v) is 7.23. The molecule has 1 N–H and O–H groups in total. The number of aromatic nitrogens is 3. The third kappa shape index (κ3) is 3.51. The average Bonchev–Trinajstić information content (AvgIpc) is 3.10. The predicted molar refractivity (Wildman–Crippen MR) is 120 cm³/mol. The molecule has 0 spiro atoms. The van der Waals surface area contributed by atoms with Crippen LogP contribution in [0.2, 0.25) is 0 Å². The van der Waals surface area contributed by atoms with Crippen molar-refractivity contribution in [2.45, 2.75) is 39.5 Å². The van der Waals surface area contributed by atoms with Gasteiger partial charge in [-0.05, 0) is 44.7 Å². The van der Waals surface area contributed by atoms with Gasteiger partial charge in [0.2, 0.25) is 5.95 Å². The smallest absolute Gasteiger partial charge is 0.226 e. The van der Waals surface area contributed by atoms with Crippen LogP contribution in [0.3, 0.4) is 0 Å². The molecule has 0 bridgehead atoms. The minimum Gasteiger partial charge on any atom is -0.372 e. The van der Waals surface area contributed by atoms with E-state index >= 15 is 0 Å². The van der Waals surface area contributed by atoms with Gasteiger partial charge in [0.1, 0.15) is 5.69 Å². The highest BCUT2D eigenvalue weighted by molar-refractivity contribution is 7.15. The van der Waals surface area contributed by atoms with E-state index in [1.165, 1.54) is 0 Å². The maximum Gasteiger partial charge on any atom is 0.226 e. The summed E-state index contributed by atoms with van der Waals surface area (Å²) < 4.78 is 0. The van der Waals surface area contributed by atoms with E-state index in [0.29, 0.717) is 12.0 Å². The second kappa shape index (κ2) is 7.72. The van der Waals surface area contributed by atoms with E-state index < -0.39 is 6.23 Å². The van der Waals surface area contributed by atoms with Gasteiger partial charge in [0.05, 0.1) is 9.88 Å². The number of nitrogens with zero attached hydrogens (tertiary/aromatic N) is 5. The van der Waals surface area contributed by atoms with Crippen LogP contribution in [-0.4, -0.2) is 50.6 Å². The largest absolute Gasteiger partial charge is 0.372 e. The number of aliphatic hydroxyl groups excluding tert-OH is 1. The van der Waals surface area contributed by atoms with Gasteiger partial charge in [-0.3, -0.25) is 4.90 Å². The second-order valence-corrected chi connectivity index (χ2v) is 9.60. The lowest BCUT2D eigenvalue weighted by molar-refractivity contribution is -0.0382. The van der Waals surface area contributed by atoms with E-state index in [4.69, 9.17) is 4.98 Å². The van der Waals surface area contributed by atoms with E-state index in [0.717, 1.165) is 64.5 Å². The molecular weight excluding hydrogens is 394 g/mol. The van der Waals surface area contributed by atoms with E-state index in [9.17, 15) is 5.11 Å². The lowest BCUT2D eigenvalue weighted by atomic mass is 9.82. The van der Waals surface area contributed by atoms with Crippen molar-refractivity contribution in [1.82, 2.24) is 19.9 Å². The fourth-order valence-electron chi connectivity index (χ4n) is 4.70. The quantitative estimate of drug-likeness (QED) is 0.693. The molecule has 156 valence electrons. The molecule has 4 heterocycles. The number of aliphatic hydroxyl groups is 1. The molecule has 1 aromatic carbocycles. The van der Waals surface area contributed by atoms with Crippen LogP contribution in [0.25, 0.3) is 10.4 Å². The van der Waals surface area contributed by atoms with Crippen molar-refractivity contribution in [2.75, 3.05) is 24.5 Å². The summed E-state index contributed by atoms with van der Waals surface area (Å²) in [5.41, 5.74) is 3.88. The molecule has 0 aliphatic carbocycles. The molecule has 2 fully saturated rings. The Balaban J connectivity index is 1.37. The fraction of sp³-hybridized carbons (Fsp3) is 0.435. The molecule has 3 unspecified atom stereocenters. The number of hydrogen-bond acceptors (Lipinski definition) is 7. The number of hydrogen-bond donors (Lipinski definition) is 1. The zero-order chi connectivity index (χ0) is 20.8. The highest BCUT2D eigenvalue weighted by atomic mass is 32.1. The fourth-order valence-corrected chi connectivity index (χ4v) is 5.65. The molecule has 6 nitrogen and oxygen atoms in total. The van der Waals surface area contributed by atoms with Crippen LogP contribution in [0.5, 0.6) is 0 Å². The molecule has 2 aromatic heterocycles. The minimum absolute atomic E-state index is 0.342. The monoisotopic (exact) mass is 421 g/mol. The molecule has 0 saturated carbocycles. The SMILES string of the molecule is Cc1cc(C)nc(N2CC3CCN(C(O)c4nc(C)sc4-c4ccccc4)CC32)n1. The Kier molecular flexibility index (Phi) is 5.05. The lowest BCUT2D eigenvalue weighted by Gasteiger charge is -2.54. The molecule has 0 radical (unpaired) electrons. The normalized spacial score (nSPS) is 22.5. The Morgan fingerprint density at radius 3 is 2.50 bits per heavy atom. The van der Waals surface area contributed by atoms with Crippen LogP contribution >= 0.6 is 11.3 Å². The number of piperidine rings is 1. The summed E-state index contributed by atoms with van der Waals surface area (Å²) in [6.45, 7) is 8.72. The molecule has 2 aliphatic heterocycles. The van der Waals surface area contributed by atoms with Gasteiger partial charge < -0.3 is 10.0 Å². The van der Waals surface area contributed by atoms with Gasteiger partial charge in [-0.15, -0.1) is 11.3 Å². The summed E-state index contributed by atoms with van der Waals surface area (Å²) >= 11 is 1.65. The van der Waals surface area contributed by atoms with Gasteiger partial charge >= 0.3 is 0 Å². The van der Waals surface area contributed by atoms with Gasteiger partial charge in [0.25, 0.3) is 0 Å². The van der Waals surface area contributed by atoms with Gasteiger partial charge in [-0.2, -0.15) is 0 Å². The van der Waals surface area contributed by atoms with Crippen molar-refractivity contribution in [3.63, 3.8) is 0 Å². The van der Waals surface area contributed by atoms with Crippen LogP contribution < -0.4 is 4.90 Å². The molecule has 2 saturated heterocycles. The van der Waals surface area contributed by atoms with E-state index in [1.54, 1.807) is 11.3 Å². The topological polar surface area (TPSA) is 65.4 Å². The highest BCUT2D eigenvalue weighted by Gasteiger charge is 2.45. The van der Waals surface area contributed by atoms with Gasteiger partial charge in [0.15, 0.2) is 6.23 Å². The molecule has 0 amide bonds. The molecule has 5 rings (SSSR count). The number of fused-ring (bicyclic) bond motifs is 1. The van der Waals surface area contributed by atoms with Crippen molar-refractivity contribution >= 4 is 17.3 Å².